The molecular weight excluding hydrogens is 421 g/mol. The highest BCUT2D eigenvalue weighted by atomic mass is 32.2. The number of halogens is 1. The maximum Gasteiger partial charge on any atom is 0.296 e. The molecule has 1 unspecified atom stereocenters. The number of hydrogen-bond donors (Lipinski definition) is 1. The van der Waals surface area contributed by atoms with Crippen LogP contribution in [-0.2, 0) is 4.79 Å². The zero-order chi connectivity index (χ0) is 19.8. The van der Waals surface area contributed by atoms with Gasteiger partial charge in [0.1, 0.15) is 11.9 Å². The molecule has 142 valence electrons. The van der Waals surface area contributed by atoms with Gasteiger partial charge in [0.05, 0.1) is 10.5 Å². The SMILES string of the molecule is CSc1nnc(N2C(=O)C(O)=C(C(=O)c3cccs3)C2c2ccccc2F)s1. The van der Waals surface area contributed by atoms with Crippen molar-refractivity contribution in [2.24, 2.45) is 0 Å². The van der Waals surface area contributed by atoms with Crippen molar-refractivity contribution >= 4 is 51.3 Å². The monoisotopic (exact) mass is 433 g/mol. The van der Waals surface area contributed by atoms with Gasteiger partial charge in [0.2, 0.25) is 10.9 Å². The van der Waals surface area contributed by atoms with E-state index in [2.05, 4.69) is 10.2 Å². The second-order valence-corrected chi connectivity index (χ2v) is 8.68. The van der Waals surface area contributed by atoms with Crippen molar-refractivity contribution < 1.29 is 19.1 Å². The van der Waals surface area contributed by atoms with Crippen molar-refractivity contribution in [1.82, 2.24) is 10.2 Å². The lowest BCUT2D eigenvalue weighted by atomic mass is 9.95. The number of anilines is 1. The van der Waals surface area contributed by atoms with Crippen LogP contribution in [0, 0.1) is 5.82 Å². The van der Waals surface area contributed by atoms with Crippen LogP contribution in [0.4, 0.5) is 9.52 Å². The molecule has 3 heterocycles. The second-order valence-electron chi connectivity index (χ2n) is 5.72. The molecule has 10 heteroatoms. The first-order valence-electron chi connectivity index (χ1n) is 7.99. The van der Waals surface area contributed by atoms with Gasteiger partial charge in [-0.15, -0.1) is 21.5 Å². The Labute approximate surface area is 171 Å². The quantitative estimate of drug-likeness (QED) is 0.368. The van der Waals surface area contributed by atoms with Gasteiger partial charge in [0.15, 0.2) is 10.1 Å². The molecule has 1 N–H and O–H groups in total. The molecule has 4 rings (SSSR count). The number of thioether (sulfide) groups is 1. The van der Waals surface area contributed by atoms with Crippen LogP contribution < -0.4 is 4.90 Å². The van der Waals surface area contributed by atoms with Crippen molar-refractivity contribution in [2.45, 2.75) is 10.4 Å². The molecule has 28 heavy (non-hydrogen) atoms. The Bertz CT molecular complexity index is 1090. The summed E-state index contributed by atoms with van der Waals surface area (Å²) in [5.74, 6) is -2.62. The lowest BCUT2D eigenvalue weighted by Gasteiger charge is -2.24. The summed E-state index contributed by atoms with van der Waals surface area (Å²) in [7, 11) is 0. The van der Waals surface area contributed by atoms with Gasteiger partial charge in [-0.25, -0.2) is 4.39 Å². The van der Waals surface area contributed by atoms with Crippen LogP contribution in [0.1, 0.15) is 21.3 Å². The predicted molar refractivity (Wildman–Crippen MR) is 107 cm³/mol. The molecule has 0 fully saturated rings. The molecule has 1 amide bonds. The number of thiophene rings is 1. The Morgan fingerprint density at radius 3 is 2.68 bits per heavy atom. The molecule has 0 saturated heterocycles. The molecule has 6 nitrogen and oxygen atoms in total. The van der Waals surface area contributed by atoms with Crippen LogP contribution in [0.25, 0.3) is 0 Å². The van der Waals surface area contributed by atoms with E-state index in [4.69, 9.17) is 0 Å². The highest BCUT2D eigenvalue weighted by Crippen LogP contribution is 2.44. The summed E-state index contributed by atoms with van der Waals surface area (Å²) in [4.78, 5) is 27.4. The van der Waals surface area contributed by atoms with Gasteiger partial charge in [0, 0.05) is 5.56 Å². The van der Waals surface area contributed by atoms with Gasteiger partial charge in [-0.05, 0) is 23.8 Å². The summed E-state index contributed by atoms with van der Waals surface area (Å²) in [6, 6.07) is 8.00. The van der Waals surface area contributed by atoms with Gasteiger partial charge >= 0.3 is 0 Å². The summed E-state index contributed by atoms with van der Waals surface area (Å²) in [5.41, 5.74) is -0.0702. The van der Waals surface area contributed by atoms with Gasteiger partial charge in [-0.1, -0.05) is 47.4 Å². The minimum atomic E-state index is -1.13. The molecule has 3 aromatic rings. The number of Topliss-reactive ketones (excluding diaryl/α,β-unsaturated/α-hetero) is 1. The van der Waals surface area contributed by atoms with Crippen LogP contribution >= 0.6 is 34.4 Å². The zero-order valence-corrected chi connectivity index (χ0v) is 16.8. The number of aliphatic hydroxyl groups excluding tert-OH is 1. The standard InChI is InChI=1S/C18H12FN3O3S3/c1-26-18-21-20-17(28-18)22-13(9-5-2-3-6-10(9)19)12(15(24)16(22)25)14(23)11-7-4-8-27-11/h2-8,13,24H,1H3. The van der Waals surface area contributed by atoms with Gasteiger partial charge in [-0.3, -0.25) is 14.5 Å². The molecule has 0 saturated carbocycles. The fourth-order valence-electron chi connectivity index (χ4n) is 2.95. The van der Waals surface area contributed by atoms with E-state index in [1.165, 1.54) is 41.3 Å². The maximum absolute atomic E-state index is 14.6. The second kappa shape index (κ2) is 7.46. The van der Waals surface area contributed by atoms with Crippen LogP contribution in [0.15, 0.2) is 57.5 Å². The number of aromatic nitrogens is 2. The van der Waals surface area contributed by atoms with Gasteiger partial charge < -0.3 is 5.11 Å². The fraction of sp³-hybridized carbons (Fsp3) is 0.111. The van der Waals surface area contributed by atoms with E-state index in [1.807, 2.05) is 6.26 Å². The lowest BCUT2D eigenvalue weighted by molar-refractivity contribution is -0.117. The molecule has 0 radical (unpaired) electrons. The van der Waals surface area contributed by atoms with E-state index in [9.17, 15) is 19.1 Å². The van der Waals surface area contributed by atoms with Gasteiger partial charge in [0.25, 0.3) is 5.91 Å². The third kappa shape index (κ3) is 3.03. The predicted octanol–water partition coefficient (Wildman–Crippen LogP) is 4.24. The third-order valence-electron chi connectivity index (χ3n) is 4.17. The number of hydrogen-bond acceptors (Lipinski definition) is 8. The number of ketones is 1. The Hall–Kier alpha value is -2.56. The summed E-state index contributed by atoms with van der Waals surface area (Å²) in [5, 5.41) is 20.4. The summed E-state index contributed by atoms with van der Waals surface area (Å²) >= 11 is 3.66. The van der Waals surface area contributed by atoms with E-state index >= 15 is 0 Å². The number of aliphatic hydroxyl groups is 1. The molecular formula is C18H12FN3O3S3. The number of nitrogens with zero attached hydrogens (tertiary/aromatic N) is 3. The lowest BCUT2D eigenvalue weighted by Crippen LogP contribution is -2.31. The summed E-state index contributed by atoms with van der Waals surface area (Å²) in [6.07, 6.45) is 1.81. The van der Waals surface area contributed by atoms with Gasteiger partial charge in [-0.2, -0.15) is 0 Å². The molecule has 1 aromatic carbocycles. The zero-order valence-electron chi connectivity index (χ0n) is 14.3. The molecule has 0 aliphatic carbocycles. The van der Waals surface area contributed by atoms with Crippen molar-refractivity contribution in [3.63, 3.8) is 0 Å². The topological polar surface area (TPSA) is 83.4 Å². The first kappa shape index (κ1) is 18.8. The van der Waals surface area contributed by atoms with Crippen molar-refractivity contribution in [1.29, 1.82) is 0 Å². The van der Waals surface area contributed by atoms with E-state index in [0.717, 1.165) is 16.2 Å². The average Bonchev–Trinajstić information content (AvgIpc) is 3.43. The molecule has 2 aromatic heterocycles. The number of amides is 1. The third-order valence-corrected chi connectivity index (χ3v) is 6.94. The van der Waals surface area contributed by atoms with E-state index in [0.29, 0.717) is 9.22 Å². The molecule has 0 bridgehead atoms. The van der Waals surface area contributed by atoms with E-state index in [1.54, 1.807) is 23.6 Å². The van der Waals surface area contributed by atoms with Crippen LogP contribution in [0.3, 0.4) is 0 Å². The largest absolute Gasteiger partial charge is 0.503 e. The Morgan fingerprint density at radius 2 is 2.04 bits per heavy atom. The van der Waals surface area contributed by atoms with Crippen LogP contribution in [-0.4, -0.2) is 33.3 Å². The summed E-state index contributed by atoms with van der Waals surface area (Å²) in [6.45, 7) is 0. The van der Waals surface area contributed by atoms with Crippen molar-refractivity contribution in [2.75, 3.05) is 11.2 Å². The molecule has 1 aliphatic heterocycles. The smallest absolute Gasteiger partial charge is 0.296 e. The Kier molecular flexibility index (Phi) is 5.00. The normalized spacial score (nSPS) is 16.9. The highest BCUT2D eigenvalue weighted by Gasteiger charge is 2.47. The fourth-order valence-corrected chi connectivity index (χ4v) is 4.91. The van der Waals surface area contributed by atoms with Crippen molar-refractivity contribution in [3.05, 3.63) is 69.4 Å². The number of benzene rings is 1. The summed E-state index contributed by atoms with van der Waals surface area (Å²) < 4.78 is 15.3. The minimum absolute atomic E-state index is 0.0979. The van der Waals surface area contributed by atoms with E-state index in [-0.39, 0.29) is 16.3 Å². The Balaban J connectivity index is 1.89. The molecule has 1 atom stereocenters. The maximum atomic E-state index is 14.6. The molecule has 0 spiro atoms. The van der Waals surface area contributed by atoms with E-state index < -0.39 is 29.3 Å². The molecule has 1 aliphatic rings. The Morgan fingerprint density at radius 1 is 1.25 bits per heavy atom. The van der Waals surface area contributed by atoms with Crippen molar-refractivity contribution in [3.8, 4) is 0 Å². The first-order valence-corrected chi connectivity index (χ1v) is 10.9. The first-order chi connectivity index (χ1) is 13.5. The highest BCUT2D eigenvalue weighted by molar-refractivity contribution is 8.00. The number of carbonyl (C=O) groups is 2. The van der Waals surface area contributed by atoms with Crippen LogP contribution in [0.2, 0.25) is 0 Å². The van der Waals surface area contributed by atoms with Crippen LogP contribution in [0.5, 0.6) is 0 Å². The minimum Gasteiger partial charge on any atom is -0.503 e. The average molecular weight is 434 g/mol. The number of rotatable bonds is 5. The number of carbonyl (C=O) groups excluding carboxylic acids is 2.